The summed E-state index contributed by atoms with van der Waals surface area (Å²) in [7, 11) is 0. The van der Waals surface area contributed by atoms with E-state index in [1.807, 2.05) is 4.90 Å². The van der Waals surface area contributed by atoms with Crippen molar-refractivity contribution >= 4 is 39.2 Å². The van der Waals surface area contributed by atoms with Crippen molar-refractivity contribution in [1.29, 1.82) is 0 Å². The smallest absolute Gasteiger partial charge is 0.351 e. The van der Waals surface area contributed by atoms with Gasteiger partial charge in [-0.05, 0) is 31.7 Å². The number of aromatic nitrogens is 5. The Morgan fingerprint density at radius 1 is 1.11 bits per heavy atom. The highest BCUT2D eigenvalue weighted by Crippen LogP contribution is 2.36. The van der Waals surface area contributed by atoms with Crippen LogP contribution in [0.1, 0.15) is 62.0 Å². The Hall–Kier alpha value is -2.96. The Bertz CT molecular complexity index is 1330. The summed E-state index contributed by atoms with van der Waals surface area (Å²) in [6.07, 6.45) is 2.41. The SMILES string of the molecule is CCCc1cc2c(N3CCn4c(nnc4C(F)(F)F)C3)nc(N3CC[C@H](NC(=O)C4CCCC4)C3)nc2s1. The lowest BCUT2D eigenvalue weighted by atomic mass is 10.1. The van der Waals surface area contributed by atoms with Crippen LogP contribution in [0, 0.1) is 5.92 Å². The van der Waals surface area contributed by atoms with E-state index < -0.39 is 12.0 Å². The maximum Gasteiger partial charge on any atom is 0.451 e. The van der Waals surface area contributed by atoms with E-state index in [1.54, 1.807) is 11.3 Å². The molecule has 0 aromatic carbocycles. The second kappa shape index (κ2) is 9.97. The highest BCUT2D eigenvalue weighted by Gasteiger charge is 2.40. The van der Waals surface area contributed by atoms with E-state index in [2.05, 4.69) is 33.4 Å². The summed E-state index contributed by atoms with van der Waals surface area (Å²) in [5.74, 6) is 0.916. The molecule has 1 aliphatic carbocycles. The summed E-state index contributed by atoms with van der Waals surface area (Å²) in [5.41, 5.74) is 0. The molecular formula is C25H31F3N8OS. The summed E-state index contributed by atoms with van der Waals surface area (Å²) in [4.78, 5) is 28.7. The van der Waals surface area contributed by atoms with Crippen molar-refractivity contribution in [3.63, 3.8) is 0 Å². The van der Waals surface area contributed by atoms with E-state index in [1.165, 1.54) is 4.88 Å². The van der Waals surface area contributed by atoms with Gasteiger partial charge in [0.15, 0.2) is 5.82 Å². The predicted octanol–water partition coefficient (Wildman–Crippen LogP) is 4.16. The van der Waals surface area contributed by atoms with Gasteiger partial charge in [-0.25, -0.2) is 4.98 Å². The molecule has 13 heteroatoms. The molecule has 3 aromatic rings. The van der Waals surface area contributed by atoms with Gasteiger partial charge in [-0.2, -0.15) is 18.2 Å². The number of nitrogens with zero attached hydrogens (tertiary/aromatic N) is 7. The van der Waals surface area contributed by atoms with Gasteiger partial charge in [0.05, 0.1) is 11.9 Å². The highest BCUT2D eigenvalue weighted by molar-refractivity contribution is 7.18. The molecule has 1 amide bonds. The highest BCUT2D eigenvalue weighted by atomic mass is 32.1. The fraction of sp³-hybridized carbons (Fsp3) is 0.640. The van der Waals surface area contributed by atoms with Crippen molar-refractivity contribution < 1.29 is 18.0 Å². The van der Waals surface area contributed by atoms with E-state index >= 15 is 0 Å². The van der Waals surface area contributed by atoms with E-state index in [4.69, 9.17) is 9.97 Å². The monoisotopic (exact) mass is 548 g/mol. The number of rotatable bonds is 6. The fourth-order valence-electron chi connectivity index (χ4n) is 5.81. The number of thiophene rings is 1. The van der Waals surface area contributed by atoms with Gasteiger partial charge >= 0.3 is 6.18 Å². The van der Waals surface area contributed by atoms with E-state index in [0.717, 1.165) is 66.3 Å². The van der Waals surface area contributed by atoms with Crippen molar-refractivity contribution in [2.75, 3.05) is 29.4 Å². The molecule has 6 rings (SSSR count). The topological polar surface area (TPSA) is 92.1 Å². The maximum atomic E-state index is 13.3. The molecule has 0 unspecified atom stereocenters. The number of hydrogen-bond acceptors (Lipinski definition) is 8. The Balaban J connectivity index is 1.27. The molecule has 3 aliphatic rings. The molecule has 9 nitrogen and oxygen atoms in total. The van der Waals surface area contributed by atoms with Gasteiger partial charge in [0.25, 0.3) is 0 Å². The Kier molecular flexibility index (Phi) is 6.65. The molecule has 3 aromatic heterocycles. The summed E-state index contributed by atoms with van der Waals surface area (Å²) >= 11 is 1.64. The molecule has 1 N–H and O–H groups in total. The standard InChI is InChI=1S/C25H31F3N8OS/c1-2-5-17-12-18-20(34-10-11-36-19(14-34)32-33-23(36)25(26,27)28)30-24(31-22(18)38-17)35-9-8-16(13-35)29-21(37)15-6-3-4-7-15/h12,15-16H,2-11,13-14H2,1H3,(H,29,37)/t16-/m0/s1. The maximum absolute atomic E-state index is 13.3. The predicted molar refractivity (Wildman–Crippen MR) is 138 cm³/mol. The van der Waals surface area contributed by atoms with Crippen LogP contribution in [0.15, 0.2) is 6.07 Å². The van der Waals surface area contributed by atoms with Crippen LogP contribution in [-0.2, 0) is 30.5 Å². The lowest BCUT2D eigenvalue weighted by molar-refractivity contribution is -0.147. The number of aryl methyl sites for hydroxylation is 1. The normalized spacial score (nSPS) is 20.5. The second-order valence-corrected chi connectivity index (χ2v) is 11.6. The molecule has 2 fully saturated rings. The molecule has 204 valence electrons. The third kappa shape index (κ3) is 4.80. The lowest BCUT2D eigenvalue weighted by Gasteiger charge is -2.30. The molecule has 38 heavy (non-hydrogen) atoms. The molecule has 0 radical (unpaired) electrons. The van der Waals surface area contributed by atoms with Crippen molar-refractivity contribution in [1.82, 2.24) is 30.0 Å². The van der Waals surface area contributed by atoms with Crippen LogP contribution < -0.4 is 15.1 Å². The van der Waals surface area contributed by atoms with E-state index in [0.29, 0.717) is 24.9 Å². The molecule has 1 saturated heterocycles. The first-order valence-corrected chi connectivity index (χ1v) is 14.2. The first-order chi connectivity index (χ1) is 18.3. The summed E-state index contributed by atoms with van der Waals surface area (Å²) in [6, 6.07) is 2.16. The van der Waals surface area contributed by atoms with Gasteiger partial charge in [-0.1, -0.05) is 26.2 Å². The van der Waals surface area contributed by atoms with Gasteiger partial charge in [-0.15, -0.1) is 21.5 Å². The van der Waals surface area contributed by atoms with Crippen LogP contribution in [0.3, 0.4) is 0 Å². The average Bonchev–Trinajstić information content (AvgIpc) is 3.68. The Labute approximate surface area is 222 Å². The zero-order chi connectivity index (χ0) is 26.4. The lowest BCUT2D eigenvalue weighted by Crippen LogP contribution is -2.40. The molecule has 5 heterocycles. The van der Waals surface area contributed by atoms with Crippen LogP contribution in [0.4, 0.5) is 24.9 Å². The summed E-state index contributed by atoms with van der Waals surface area (Å²) in [6.45, 7) is 4.18. The number of nitrogens with one attached hydrogen (secondary N) is 1. The number of halogens is 3. The van der Waals surface area contributed by atoms with Gasteiger partial charge in [0.1, 0.15) is 10.6 Å². The first kappa shape index (κ1) is 25.3. The van der Waals surface area contributed by atoms with E-state index in [-0.39, 0.29) is 36.8 Å². The van der Waals surface area contributed by atoms with Crippen molar-refractivity contribution in [3.8, 4) is 0 Å². The van der Waals surface area contributed by atoms with Gasteiger partial charge in [0, 0.05) is 43.0 Å². The van der Waals surface area contributed by atoms with Gasteiger partial charge < -0.3 is 19.7 Å². The minimum Gasteiger partial charge on any atom is -0.351 e. The summed E-state index contributed by atoms with van der Waals surface area (Å²) in [5, 5.41) is 11.4. The van der Waals surface area contributed by atoms with E-state index in [9.17, 15) is 18.0 Å². The average molecular weight is 549 g/mol. The quantitative estimate of drug-likeness (QED) is 0.495. The Morgan fingerprint density at radius 2 is 1.92 bits per heavy atom. The number of carbonyl (C=O) groups excluding carboxylic acids is 1. The number of fused-ring (bicyclic) bond motifs is 2. The van der Waals surface area contributed by atoms with Crippen LogP contribution in [0.25, 0.3) is 10.2 Å². The molecule has 0 spiro atoms. The number of anilines is 2. The third-order valence-corrected chi connectivity index (χ3v) is 8.85. The first-order valence-electron chi connectivity index (χ1n) is 13.4. The van der Waals surface area contributed by atoms with Crippen molar-refractivity contribution in [2.45, 2.75) is 77.2 Å². The van der Waals surface area contributed by atoms with Crippen LogP contribution >= 0.6 is 11.3 Å². The van der Waals surface area contributed by atoms with Crippen molar-refractivity contribution in [2.24, 2.45) is 5.92 Å². The molecule has 1 saturated carbocycles. The number of alkyl halides is 3. The zero-order valence-corrected chi connectivity index (χ0v) is 22.1. The molecule has 1 atom stereocenters. The number of carbonyl (C=O) groups is 1. The summed E-state index contributed by atoms with van der Waals surface area (Å²) < 4.78 is 41.2. The molecular weight excluding hydrogens is 517 g/mol. The van der Waals surface area contributed by atoms with Crippen LogP contribution in [0.2, 0.25) is 0 Å². The van der Waals surface area contributed by atoms with Gasteiger partial charge in [0.2, 0.25) is 17.7 Å². The van der Waals surface area contributed by atoms with Crippen molar-refractivity contribution in [3.05, 3.63) is 22.6 Å². The molecule has 0 bridgehead atoms. The molecule has 2 aliphatic heterocycles. The van der Waals surface area contributed by atoms with Crippen LogP contribution in [-0.4, -0.2) is 56.3 Å². The Morgan fingerprint density at radius 3 is 2.68 bits per heavy atom. The van der Waals surface area contributed by atoms with Gasteiger partial charge in [-0.3, -0.25) is 4.79 Å². The van der Waals surface area contributed by atoms with Crippen LogP contribution in [0.5, 0.6) is 0 Å². The number of hydrogen-bond donors (Lipinski definition) is 1. The minimum absolute atomic E-state index is 0.0548. The minimum atomic E-state index is -4.54. The fourth-order valence-corrected chi connectivity index (χ4v) is 6.93. The largest absolute Gasteiger partial charge is 0.451 e. The second-order valence-electron chi connectivity index (χ2n) is 10.5. The third-order valence-electron chi connectivity index (χ3n) is 7.76. The zero-order valence-electron chi connectivity index (χ0n) is 21.3. The number of amides is 1.